The zero-order valence-corrected chi connectivity index (χ0v) is 16.6. The minimum atomic E-state index is -3.35. The van der Waals surface area contributed by atoms with Crippen LogP contribution in [0.3, 0.4) is 0 Å². The maximum atomic E-state index is 12.8. The molecule has 2 amide bonds. The largest absolute Gasteiger partial charge is 0.351 e. The Morgan fingerprint density at radius 2 is 1.78 bits per heavy atom. The Labute approximate surface area is 160 Å². The molecular weight excluding hydrogens is 364 g/mol. The van der Waals surface area contributed by atoms with Crippen molar-refractivity contribution in [2.75, 3.05) is 16.8 Å². The molecule has 4 rings (SSSR count). The Balaban J connectivity index is 1.46. The summed E-state index contributed by atoms with van der Waals surface area (Å²) in [5.74, 6) is -1.72. The molecule has 27 heavy (non-hydrogen) atoms. The van der Waals surface area contributed by atoms with E-state index in [0.717, 1.165) is 25.7 Å². The SMILES string of the molecule is CC1(C)C[C@@H]1C(=O)N[C@@H]1CS(=O)(=O)C[C@H]1C(=O)Nc1ccc2c(c1)CCC2. The van der Waals surface area contributed by atoms with Crippen LogP contribution in [0.5, 0.6) is 0 Å². The lowest BCUT2D eigenvalue weighted by molar-refractivity contribution is -0.124. The van der Waals surface area contributed by atoms with E-state index >= 15 is 0 Å². The number of anilines is 1. The fourth-order valence-corrected chi connectivity index (χ4v) is 6.26. The summed E-state index contributed by atoms with van der Waals surface area (Å²) < 4.78 is 24.2. The quantitative estimate of drug-likeness (QED) is 0.818. The van der Waals surface area contributed by atoms with Crippen LogP contribution in [0.25, 0.3) is 0 Å². The van der Waals surface area contributed by atoms with Crippen molar-refractivity contribution in [2.24, 2.45) is 17.3 Å². The summed E-state index contributed by atoms with van der Waals surface area (Å²) in [5, 5.41) is 5.69. The second-order valence-corrected chi connectivity index (χ2v) is 11.0. The number of hydrogen-bond donors (Lipinski definition) is 2. The molecule has 1 aliphatic heterocycles. The molecule has 0 unspecified atom stereocenters. The van der Waals surface area contributed by atoms with Gasteiger partial charge in [-0.1, -0.05) is 19.9 Å². The van der Waals surface area contributed by atoms with E-state index in [-0.39, 0.29) is 34.7 Å². The highest BCUT2D eigenvalue weighted by molar-refractivity contribution is 7.91. The second-order valence-electron chi connectivity index (χ2n) is 8.87. The Bertz CT molecular complexity index is 907. The molecule has 1 heterocycles. The number of amides is 2. The van der Waals surface area contributed by atoms with Crippen LogP contribution >= 0.6 is 0 Å². The van der Waals surface area contributed by atoms with Crippen LogP contribution in [0.1, 0.15) is 37.8 Å². The predicted octanol–water partition coefficient (Wildman–Crippen LogP) is 1.69. The lowest BCUT2D eigenvalue weighted by Crippen LogP contribution is -2.45. The van der Waals surface area contributed by atoms with Crippen molar-refractivity contribution in [2.45, 2.75) is 45.6 Å². The molecule has 1 aromatic carbocycles. The van der Waals surface area contributed by atoms with Crippen LogP contribution in [-0.2, 0) is 32.3 Å². The molecule has 0 radical (unpaired) electrons. The molecule has 3 atom stereocenters. The fraction of sp³-hybridized carbons (Fsp3) is 0.600. The zero-order valence-electron chi connectivity index (χ0n) is 15.7. The number of aryl methyl sites for hydroxylation is 2. The summed E-state index contributed by atoms with van der Waals surface area (Å²) in [7, 11) is -3.35. The van der Waals surface area contributed by atoms with Gasteiger partial charge in [-0.15, -0.1) is 0 Å². The van der Waals surface area contributed by atoms with E-state index in [4.69, 9.17) is 0 Å². The van der Waals surface area contributed by atoms with Gasteiger partial charge in [-0.2, -0.15) is 0 Å². The maximum Gasteiger partial charge on any atom is 0.230 e. The van der Waals surface area contributed by atoms with E-state index in [1.54, 1.807) is 0 Å². The van der Waals surface area contributed by atoms with E-state index in [0.29, 0.717) is 5.69 Å². The maximum absolute atomic E-state index is 12.8. The average molecular weight is 391 g/mol. The number of sulfone groups is 1. The van der Waals surface area contributed by atoms with Crippen molar-refractivity contribution in [3.63, 3.8) is 0 Å². The molecule has 2 aliphatic carbocycles. The Morgan fingerprint density at radius 1 is 1.07 bits per heavy atom. The Morgan fingerprint density at radius 3 is 2.48 bits per heavy atom. The molecule has 1 aromatic rings. The number of carbonyl (C=O) groups excluding carboxylic acids is 2. The van der Waals surface area contributed by atoms with Gasteiger partial charge in [0.1, 0.15) is 0 Å². The minimum Gasteiger partial charge on any atom is -0.351 e. The first-order valence-electron chi connectivity index (χ1n) is 9.58. The highest BCUT2D eigenvalue weighted by Crippen LogP contribution is 2.51. The van der Waals surface area contributed by atoms with E-state index < -0.39 is 21.8 Å². The van der Waals surface area contributed by atoms with Gasteiger partial charge in [0.15, 0.2) is 9.84 Å². The van der Waals surface area contributed by atoms with E-state index in [1.165, 1.54) is 11.1 Å². The fourth-order valence-electron chi connectivity index (χ4n) is 4.33. The third-order valence-electron chi connectivity index (χ3n) is 6.21. The van der Waals surface area contributed by atoms with Gasteiger partial charge in [0.2, 0.25) is 11.8 Å². The molecular formula is C20H26N2O4S. The molecule has 1 saturated heterocycles. The summed E-state index contributed by atoms with van der Waals surface area (Å²) in [6.45, 7) is 4.03. The highest BCUT2D eigenvalue weighted by Gasteiger charge is 2.52. The molecule has 1 saturated carbocycles. The second kappa shape index (κ2) is 6.33. The number of benzene rings is 1. The number of rotatable bonds is 4. The zero-order chi connectivity index (χ0) is 19.4. The van der Waals surface area contributed by atoms with Crippen molar-refractivity contribution < 1.29 is 18.0 Å². The smallest absolute Gasteiger partial charge is 0.230 e. The van der Waals surface area contributed by atoms with Gasteiger partial charge in [-0.25, -0.2) is 8.42 Å². The van der Waals surface area contributed by atoms with Crippen molar-refractivity contribution >= 4 is 27.3 Å². The minimum absolute atomic E-state index is 0.0380. The monoisotopic (exact) mass is 390 g/mol. The Kier molecular flexibility index (Phi) is 4.33. The first kappa shape index (κ1) is 18.5. The van der Waals surface area contributed by atoms with E-state index in [1.807, 2.05) is 32.0 Å². The van der Waals surface area contributed by atoms with Crippen molar-refractivity contribution in [1.82, 2.24) is 5.32 Å². The first-order chi connectivity index (χ1) is 12.6. The van der Waals surface area contributed by atoms with Gasteiger partial charge in [-0.3, -0.25) is 9.59 Å². The molecule has 0 bridgehead atoms. The van der Waals surface area contributed by atoms with Gasteiger partial charge in [0, 0.05) is 11.6 Å². The molecule has 3 aliphatic rings. The molecule has 0 aromatic heterocycles. The molecule has 2 fully saturated rings. The summed E-state index contributed by atoms with van der Waals surface area (Å²) in [4.78, 5) is 25.2. The third kappa shape index (κ3) is 3.74. The first-order valence-corrected chi connectivity index (χ1v) is 11.4. The predicted molar refractivity (Wildman–Crippen MR) is 103 cm³/mol. The molecule has 0 spiro atoms. The molecule has 7 heteroatoms. The summed E-state index contributed by atoms with van der Waals surface area (Å²) in [5.41, 5.74) is 3.21. The lowest BCUT2D eigenvalue weighted by Gasteiger charge is -2.20. The molecule has 2 N–H and O–H groups in total. The Hall–Kier alpha value is -1.89. The summed E-state index contributed by atoms with van der Waals surface area (Å²) in [6.07, 6.45) is 3.99. The van der Waals surface area contributed by atoms with Crippen LogP contribution < -0.4 is 10.6 Å². The van der Waals surface area contributed by atoms with Crippen LogP contribution in [0.15, 0.2) is 18.2 Å². The summed E-state index contributed by atoms with van der Waals surface area (Å²) >= 11 is 0. The van der Waals surface area contributed by atoms with Gasteiger partial charge >= 0.3 is 0 Å². The van der Waals surface area contributed by atoms with Crippen LogP contribution in [0.4, 0.5) is 5.69 Å². The van der Waals surface area contributed by atoms with Gasteiger partial charge in [0.05, 0.1) is 23.5 Å². The van der Waals surface area contributed by atoms with Crippen molar-refractivity contribution in [1.29, 1.82) is 0 Å². The van der Waals surface area contributed by atoms with Gasteiger partial charge in [0.25, 0.3) is 0 Å². The van der Waals surface area contributed by atoms with E-state index in [9.17, 15) is 18.0 Å². The number of hydrogen-bond acceptors (Lipinski definition) is 4. The summed E-state index contributed by atoms with van der Waals surface area (Å²) in [6, 6.07) is 5.21. The number of nitrogens with one attached hydrogen (secondary N) is 2. The molecule has 6 nitrogen and oxygen atoms in total. The van der Waals surface area contributed by atoms with Gasteiger partial charge in [-0.05, 0) is 54.4 Å². The van der Waals surface area contributed by atoms with Crippen molar-refractivity contribution in [3.8, 4) is 0 Å². The van der Waals surface area contributed by atoms with Crippen LogP contribution in [0.2, 0.25) is 0 Å². The van der Waals surface area contributed by atoms with Crippen LogP contribution in [0, 0.1) is 17.3 Å². The van der Waals surface area contributed by atoms with Gasteiger partial charge < -0.3 is 10.6 Å². The topological polar surface area (TPSA) is 92.3 Å². The lowest BCUT2D eigenvalue weighted by atomic mass is 10.0. The normalized spacial score (nSPS) is 29.8. The van der Waals surface area contributed by atoms with Crippen molar-refractivity contribution in [3.05, 3.63) is 29.3 Å². The van der Waals surface area contributed by atoms with E-state index in [2.05, 4.69) is 10.6 Å². The number of carbonyl (C=O) groups is 2. The highest BCUT2D eigenvalue weighted by atomic mass is 32.2. The average Bonchev–Trinajstić information content (AvgIpc) is 2.92. The van der Waals surface area contributed by atoms with Crippen LogP contribution in [-0.4, -0.2) is 37.8 Å². The standard InChI is InChI=1S/C20H26N2O4S/c1-20(2)9-16(20)19(24)22-17-11-27(25,26)10-15(17)18(23)21-14-7-6-12-4-3-5-13(12)8-14/h6-8,15-17H,3-5,9-11H2,1-2H3,(H,21,23)(H,22,24)/t15-,16-,17-/m1/s1. The number of fused-ring (bicyclic) bond motifs is 1. The molecule has 146 valence electrons. The third-order valence-corrected chi connectivity index (χ3v) is 7.95.